The summed E-state index contributed by atoms with van der Waals surface area (Å²) in [6.07, 6.45) is 6.11. The van der Waals surface area contributed by atoms with Crippen LogP contribution >= 0.6 is 22.9 Å². The van der Waals surface area contributed by atoms with Gasteiger partial charge in [0.25, 0.3) is 0 Å². The van der Waals surface area contributed by atoms with Crippen LogP contribution in [0, 0.1) is 0 Å². The molecule has 0 radical (unpaired) electrons. The molecular weight excluding hydrogens is 192 g/mol. The lowest BCUT2D eigenvalue weighted by atomic mass is 10.2. The Kier molecular flexibility index (Phi) is 4.54. The van der Waals surface area contributed by atoms with E-state index in [1.165, 1.54) is 37.0 Å². The van der Waals surface area contributed by atoms with Crippen LogP contribution in [0.1, 0.15) is 37.6 Å². The number of nitrogens with zero attached hydrogens (tertiary/aromatic N) is 2. The Morgan fingerprint density at radius 1 is 1.25 bits per heavy atom. The van der Waals surface area contributed by atoms with Gasteiger partial charge in [-0.05, 0) is 18.0 Å². The third kappa shape index (κ3) is 3.50. The molecule has 4 heteroatoms. The van der Waals surface area contributed by atoms with Crippen molar-refractivity contribution in [3.05, 3.63) is 9.47 Å². The topological polar surface area (TPSA) is 25.8 Å². The fraction of sp³-hybridized carbons (Fsp3) is 0.750. The second-order valence-corrected chi connectivity index (χ2v) is 4.40. The first-order chi connectivity index (χ1) is 5.83. The third-order valence-corrected chi connectivity index (χ3v) is 2.76. The van der Waals surface area contributed by atoms with Crippen LogP contribution in [0.4, 0.5) is 0 Å². The molecule has 0 saturated heterocycles. The lowest BCUT2D eigenvalue weighted by Gasteiger charge is -1.94. The van der Waals surface area contributed by atoms with Gasteiger partial charge in [0.2, 0.25) is 4.47 Å². The summed E-state index contributed by atoms with van der Waals surface area (Å²) in [6, 6.07) is 0. The Bertz CT molecular complexity index is 225. The minimum atomic E-state index is 0.556. The molecule has 1 rings (SSSR count). The van der Waals surface area contributed by atoms with Crippen molar-refractivity contribution >= 4 is 22.9 Å². The zero-order valence-electron chi connectivity index (χ0n) is 7.22. The molecule has 12 heavy (non-hydrogen) atoms. The Balaban J connectivity index is 2.15. The first kappa shape index (κ1) is 9.93. The van der Waals surface area contributed by atoms with E-state index in [1.807, 2.05) is 0 Å². The number of hydrogen-bond donors (Lipinski definition) is 0. The second-order valence-electron chi connectivity index (χ2n) is 2.76. The average molecular weight is 205 g/mol. The maximum atomic E-state index is 5.65. The van der Waals surface area contributed by atoms with Crippen molar-refractivity contribution in [1.29, 1.82) is 0 Å². The van der Waals surface area contributed by atoms with Crippen LogP contribution in [-0.2, 0) is 6.42 Å². The number of halogens is 1. The Morgan fingerprint density at radius 3 is 2.67 bits per heavy atom. The fourth-order valence-electron chi connectivity index (χ4n) is 1.04. The normalized spacial score (nSPS) is 10.5. The molecule has 0 saturated carbocycles. The van der Waals surface area contributed by atoms with E-state index in [-0.39, 0.29) is 0 Å². The number of hydrogen-bond acceptors (Lipinski definition) is 3. The van der Waals surface area contributed by atoms with Gasteiger partial charge in [-0.1, -0.05) is 37.5 Å². The van der Waals surface area contributed by atoms with Gasteiger partial charge in [0.1, 0.15) is 5.01 Å². The van der Waals surface area contributed by atoms with Gasteiger partial charge in [-0.2, -0.15) is 0 Å². The van der Waals surface area contributed by atoms with Crippen LogP contribution < -0.4 is 0 Å². The van der Waals surface area contributed by atoms with Crippen LogP contribution in [0.2, 0.25) is 4.47 Å². The average Bonchev–Trinajstić information content (AvgIpc) is 2.45. The minimum absolute atomic E-state index is 0.556. The Labute approximate surface area is 82.0 Å². The van der Waals surface area contributed by atoms with E-state index in [2.05, 4.69) is 17.1 Å². The summed E-state index contributed by atoms with van der Waals surface area (Å²) >= 11 is 7.13. The molecule has 0 unspecified atom stereocenters. The van der Waals surface area contributed by atoms with Crippen molar-refractivity contribution < 1.29 is 0 Å². The van der Waals surface area contributed by atoms with E-state index < -0.39 is 0 Å². The number of aryl methyl sites for hydroxylation is 1. The van der Waals surface area contributed by atoms with Gasteiger partial charge >= 0.3 is 0 Å². The zero-order valence-corrected chi connectivity index (χ0v) is 8.79. The van der Waals surface area contributed by atoms with E-state index >= 15 is 0 Å². The quantitative estimate of drug-likeness (QED) is 0.688. The molecule has 0 aliphatic rings. The molecule has 0 N–H and O–H groups in total. The molecule has 0 atom stereocenters. The summed E-state index contributed by atoms with van der Waals surface area (Å²) in [6.45, 7) is 2.21. The first-order valence-electron chi connectivity index (χ1n) is 4.31. The van der Waals surface area contributed by atoms with E-state index in [9.17, 15) is 0 Å². The highest BCUT2D eigenvalue weighted by atomic mass is 35.5. The van der Waals surface area contributed by atoms with Crippen LogP contribution in [0.25, 0.3) is 0 Å². The predicted octanol–water partition coefficient (Wildman–Crippen LogP) is 3.31. The molecule has 2 nitrogen and oxygen atoms in total. The first-order valence-corrected chi connectivity index (χ1v) is 5.50. The predicted molar refractivity (Wildman–Crippen MR) is 52.8 cm³/mol. The van der Waals surface area contributed by atoms with Crippen molar-refractivity contribution in [3.8, 4) is 0 Å². The molecule has 0 fully saturated rings. The van der Waals surface area contributed by atoms with Crippen molar-refractivity contribution in [2.45, 2.75) is 39.0 Å². The van der Waals surface area contributed by atoms with Gasteiger partial charge in [0.15, 0.2) is 0 Å². The van der Waals surface area contributed by atoms with E-state index in [1.54, 1.807) is 0 Å². The van der Waals surface area contributed by atoms with Gasteiger partial charge < -0.3 is 0 Å². The molecule has 1 heterocycles. The molecule has 1 aromatic heterocycles. The van der Waals surface area contributed by atoms with Crippen molar-refractivity contribution in [1.82, 2.24) is 10.2 Å². The van der Waals surface area contributed by atoms with Gasteiger partial charge in [0, 0.05) is 6.42 Å². The van der Waals surface area contributed by atoms with Crippen LogP contribution in [0.15, 0.2) is 0 Å². The smallest absolute Gasteiger partial charge is 0.142 e. The van der Waals surface area contributed by atoms with E-state index in [0.29, 0.717) is 4.47 Å². The number of unbranched alkanes of at least 4 members (excludes halogenated alkanes) is 3. The highest BCUT2D eigenvalue weighted by Gasteiger charge is 2.00. The van der Waals surface area contributed by atoms with Gasteiger partial charge in [-0.3, -0.25) is 0 Å². The van der Waals surface area contributed by atoms with Gasteiger partial charge in [-0.15, -0.1) is 10.2 Å². The van der Waals surface area contributed by atoms with E-state index in [4.69, 9.17) is 11.6 Å². The van der Waals surface area contributed by atoms with Gasteiger partial charge in [0.05, 0.1) is 0 Å². The van der Waals surface area contributed by atoms with Crippen LogP contribution in [0.5, 0.6) is 0 Å². The Morgan fingerprint density at radius 2 is 2.08 bits per heavy atom. The molecular formula is C8H13ClN2S. The lowest BCUT2D eigenvalue weighted by molar-refractivity contribution is 0.663. The molecule has 0 aliphatic heterocycles. The van der Waals surface area contributed by atoms with Crippen LogP contribution in [0.3, 0.4) is 0 Å². The Hall–Kier alpha value is -0.150. The largest absolute Gasteiger partial charge is 0.207 e. The summed E-state index contributed by atoms with van der Waals surface area (Å²) in [7, 11) is 0. The molecule has 0 bridgehead atoms. The molecule has 68 valence electrons. The lowest BCUT2D eigenvalue weighted by Crippen LogP contribution is -1.84. The highest BCUT2D eigenvalue weighted by molar-refractivity contribution is 7.15. The summed E-state index contributed by atoms with van der Waals surface area (Å²) in [4.78, 5) is 0. The van der Waals surface area contributed by atoms with Crippen molar-refractivity contribution in [2.75, 3.05) is 0 Å². The maximum Gasteiger partial charge on any atom is 0.207 e. The third-order valence-electron chi connectivity index (χ3n) is 1.69. The molecule has 0 amide bonds. The SMILES string of the molecule is CCCCCCc1nnc(Cl)s1. The number of rotatable bonds is 5. The molecule has 0 spiro atoms. The van der Waals surface area contributed by atoms with Crippen LogP contribution in [-0.4, -0.2) is 10.2 Å². The van der Waals surface area contributed by atoms with E-state index in [0.717, 1.165) is 11.4 Å². The molecule has 0 aliphatic carbocycles. The summed E-state index contributed by atoms with van der Waals surface area (Å²) in [5.74, 6) is 0. The summed E-state index contributed by atoms with van der Waals surface area (Å²) in [5, 5.41) is 8.77. The standard InChI is InChI=1S/C8H13ClN2S/c1-2-3-4-5-6-7-10-11-8(9)12-7/h2-6H2,1H3. The number of aromatic nitrogens is 2. The van der Waals surface area contributed by atoms with Crippen molar-refractivity contribution in [3.63, 3.8) is 0 Å². The molecule has 0 aromatic carbocycles. The maximum absolute atomic E-state index is 5.65. The fourth-order valence-corrected chi connectivity index (χ4v) is 1.95. The minimum Gasteiger partial charge on any atom is -0.142 e. The summed E-state index contributed by atoms with van der Waals surface area (Å²) in [5.41, 5.74) is 0. The molecule has 1 aromatic rings. The monoisotopic (exact) mass is 204 g/mol. The van der Waals surface area contributed by atoms with Gasteiger partial charge in [-0.25, -0.2) is 0 Å². The summed E-state index contributed by atoms with van der Waals surface area (Å²) < 4.78 is 0.556. The highest BCUT2D eigenvalue weighted by Crippen LogP contribution is 2.17. The second kappa shape index (κ2) is 5.49. The zero-order chi connectivity index (χ0) is 8.81. The van der Waals surface area contributed by atoms with Crippen molar-refractivity contribution in [2.24, 2.45) is 0 Å².